The molecule has 5 nitrogen and oxygen atoms in total. The van der Waals surface area contributed by atoms with E-state index in [1.54, 1.807) is 13.3 Å². The Kier molecular flexibility index (Phi) is 4.60. The van der Waals surface area contributed by atoms with Crippen molar-refractivity contribution in [1.82, 2.24) is 9.97 Å². The Morgan fingerprint density at radius 1 is 1.50 bits per heavy atom. The number of hydrogen-bond acceptors (Lipinski definition) is 5. The van der Waals surface area contributed by atoms with Gasteiger partial charge in [0.15, 0.2) is 5.82 Å². The molecular formula is C12H19ClN4O. The molecule has 100 valence electrons. The van der Waals surface area contributed by atoms with Gasteiger partial charge in [-0.05, 0) is 26.2 Å². The molecule has 2 atom stereocenters. The Bertz CT molecular complexity index is 402. The SMILES string of the molecule is CCNc1ncc(Cl)c(NC2CCC(OC)C2)n1. The van der Waals surface area contributed by atoms with E-state index in [0.717, 1.165) is 25.8 Å². The van der Waals surface area contributed by atoms with Gasteiger partial charge in [-0.25, -0.2) is 4.98 Å². The summed E-state index contributed by atoms with van der Waals surface area (Å²) in [7, 11) is 1.76. The van der Waals surface area contributed by atoms with Crippen LogP contribution in [0.1, 0.15) is 26.2 Å². The molecule has 1 saturated carbocycles. The van der Waals surface area contributed by atoms with Crippen LogP contribution in [0.5, 0.6) is 0 Å². The monoisotopic (exact) mass is 270 g/mol. The lowest BCUT2D eigenvalue weighted by Gasteiger charge is -2.15. The lowest BCUT2D eigenvalue weighted by Crippen LogP contribution is -2.19. The fourth-order valence-electron chi connectivity index (χ4n) is 2.19. The first-order valence-corrected chi connectivity index (χ1v) is 6.66. The van der Waals surface area contributed by atoms with Crippen molar-refractivity contribution in [3.8, 4) is 0 Å². The Balaban J connectivity index is 2.02. The van der Waals surface area contributed by atoms with Crippen LogP contribution in [0.2, 0.25) is 5.02 Å². The van der Waals surface area contributed by atoms with E-state index in [1.807, 2.05) is 6.92 Å². The van der Waals surface area contributed by atoms with E-state index < -0.39 is 0 Å². The second kappa shape index (κ2) is 6.20. The summed E-state index contributed by atoms with van der Waals surface area (Å²) in [6.07, 6.45) is 5.12. The Labute approximate surface area is 112 Å². The van der Waals surface area contributed by atoms with Gasteiger partial charge in [0.05, 0.1) is 12.3 Å². The zero-order valence-corrected chi connectivity index (χ0v) is 11.5. The number of hydrogen-bond donors (Lipinski definition) is 2. The molecule has 1 aliphatic carbocycles. The fraction of sp³-hybridized carbons (Fsp3) is 0.667. The summed E-state index contributed by atoms with van der Waals surface area (Å²) in [5.41, 5.74) is 0. The van der Waals surface area contributed by atoms with Gasteiger partial charge < -0.3 is 15.4 Å². The number of ether oxygens (including phenoxy) is 1. The molecule has 1 aromatic rings. The predicted molar refractivity (Wildman–Crippen MR) is 73.3 cm³/mol. The van der Waals surface area contributed by atoms with Crippen molar-refractivity contribution in [3.63, 3.8) is 0 Å². The maximum absolute atomic E-state index is 6.10. The fourth-order valence-corrected chi connectivity index (χ4v) is 2.34. The summed E-state index contributed by atoms with van der Waals surface area (Å²) < 4.78 is 5.35. The van der Waals surface area contributed by atoms with Gasteiger partial charge in [0.25, 0.3) is 0 Å². The number of anilines is 2. The van der Waals surface area contributed by atoms with Crippen molar-refractivity contribution in [2.45, 2.75) is 38.3 Å². The van der Waals surface area contributed by atoms with E-state index >= 15 is 0 Å². The van der Waals surface area contributed by atoms with Crippen molar-refractivity contribution in [2.75, 3.05) is 24.3 Å². The molecule has 2 rings (SSSR count). The van der Waals surface area contributed by atoms with Gasteiger partial charge in [0.2, 0.25) is 5.95 Å². The van der Waals surface area contributed by atoms with Crippen molar-refractivity contribution in [2.24, 2.45) is 0 Å². The van der Waals surface area contributed by atoms with Crippen LogP contribution in [-0.2, 0) is 4.74 Å². The highest BCUT2D eigenvalue weighted by atomic mass is 35.5. The van der Waals surface area contributed by atoms with Crippen LogP contribution in [-0.4, -0.2) is 35.8 Å². The molecule has 6 heteroatoms. The molecule has 18 heavy (non-hydrogen) atoms. The van der Waals surface area contributed by atoms with Crippen molar-refractivity contribution >= 4 is 23.4 Å². The standard InChI is InChI=1S/C12H19ClN4O/c1-3-14-12-15-7-10(13)11(17-12)16-8-4-5-9(6-8)18-2/h7-9H,3-6H2,1-2H3,(H2,14,15,16,17). The summed E-state index contributed by atoms with van der Waals surface area (Å²) in [5.74, 6) is 1.30. The molecule has 0 aromatic carbocycles. The van der Waals surface area contributed by atoms with Crippen molar-refractivity contribution in [3.05, 3.63) is 11.2 Å². The second-order valence-corrected chi connectivity index (χ2v) is 4.84. The van der Waals surface area contributed by atoms with Crippen LogP contribution in [0.25, 0.3) is 0 Å². The minimum Gasteiger partial charge on any atom is -0.381 e. The minimum absolute atomic E-state index is 0.344. The molecule has 1 heterocycles. The molecule has 2 unspecified atom stereocenters. The third-order valence-corrected chi connectivity index (χ3v) is 3.41. The van der Waals surface area contributed by atoms with Gasteiger partial charge in [-0.3, -0.25) is 0 Å². The van der Waals surface area contributed by atoms with Gasteiger partial charge in [-0.2, -0.15) is 4.98 Å². The average molecular weight is 271 g/mol. The number of aromatic nitrogens is 2. The highest BCUT2D eigenvalue weighted by Crippen LogP contribution is 2.27. The third-order valence-electron chi connectivity index (χ3n) is 3.14. The van der Waals surface area contributed by atoms with Crippen LogP contribution in [0.4, 0.5) is 11.8 Å². The molecular weight excluding hydrogens is 252 g/mol. The quantitative estimate of drug-likeness (QED) is 0.861. The largest absolute Gasteiger partial charge is 0.381 e. The number of nitrogens with one attached hydrogen (secondary N) is 2. The van der Waals surface area contributed by atoms with Gasteiger partial charge in [-0.15, -0.1) is 0 Å². The highest BCUT2D eigenvalue weighted by Gasteiger charge is 2.25. The molecule has 0 amide bonds. The van der Waals surface area contributed by atoms with Crippen molar-refractivity contribution in [1.29, 1.82) is 0 Å². The first-order chi connectivity index (χ1) is 8.72. The van der Waals surface area contributed by atoms with Gasteiger partial charge in [-0.1, -0.05) is 11.6 Å². The van der Waals surface area contributed by atoms with Crippen LogP contribution >= 0.6 is 11.6 Å². The number of rotatable bonds is 5. The lowest BCUT2D eigenvalue weighted by atomic mass is 10.2. The molecule has 2 N–H and O–H groups in total. The maximum atomic E-state index is 6.10. The maximum Gasteiger partial charge on any atom is 0.224 e. The summed E-state index contributed by atoms with van der Waals surface area (Å²) in [4.78, 5) is 8.49. The van der Waals surface area contributed by atoms with E-state index in [-0.39, 0.29) is 0 Å². The third kappa shape index (κ3) is 3.23. The van der Waals surface area contributed by atoms with E-state index in [9.17, 15) is 0 Å². The van der Waals surface area contributed by atoms with Gasteiger partial charge >= 0.3 is 0 Å². The van der Waals surface area contributed by atoms with Crippen LogP contribution in [0.3, 0.4) is 0 Å². The topological polar surface area (TPSA) is 59.1 Å². The average Bonchev–Trinajstić information content (AvgIpc) is 2.81. The number of halogens is 1. The number of nitrogens with zero attached hydrogens (tertiary/aromatic N) is 2. The summed E-state index contributed by atoms with van der Waals surface area (Å²) >= 11 is 6.10. The molecule has 0 radical (unpaired) electrons. The summed E-state index contributed by atoms with van der Waals surface area (Å²) in [6.45, 7) is 2.79. The van der Waals surface area contributed by atoms with Gasteiger partial charge in [0.1, 0.15) is 5.02 Å². The molecule has 0 bridgehead atoms. The molecule has 0 spiro atoms. The zero-order chi connectivity index (χ0) is 13.0. The van der Waals surface area contributed by atoms with E-state index in [1.165, 1.54) is 0 Å². The second-order valence-electron chi connectivity index (χ2n) is 4.43. The smallest absolute Gasteiger partial charge is 0.224 e. The predicted octanol–water partition coefficient (Wildman–Crippen LogP) is 2.54. The first kappa shape index (κ1) is 13.4. The first-order valence-electron chi connectivity index (χ1n) is 6.28. The van der Waals surface area contributed by atoms with E-state index in [4.69, 9.17) is 16.3 Å². The zero-order valence-electron chi connectivity index (χ0n) is 10.7. The normalized spacial score (nSPS) is 23.1. The van der Waals surface area contributed by atoms with Crippen LogP contribution < -0.4 is 10.6 Å². The van der Waals surface area contributed by atoms with E-state index in [0.29, 0.717) is 28.9 Å². The van der Waals surface area contributed by atoms with Gasteiger partial charge in [0, 0.05) is 19.7 Å². The molecule has 1 fully saturated rings. The summed E-state index contributed by atoms with van der Waals surface area (Å²) in [5, 5.41) is 7.00. The van der Waals surface area contributed by atoms with E-state index in [2.05, 4.69) is 20.6 Å². The van der Waals surface area contributed by atoms with Crippen molar-refractivity contribution < 1.29 is 4.74 Å². The van der Waals surface area contributed by atoms with Crippen LogP contribution in [0.15, 0.2) is 6.20 Å². The molecule has 1 aromatic heterocycles. The molecule has 1 aliphatic rings. The lowest BCUT2D eigenvalue weighted by molar-refractivity contribution is 0.108. The Hall–Kier alpha value is -1.07. The Morgan fingerprint density at radius 3 is 3.00 bits per heavy atom. The number of methoxy groups -OCH3 is 1. The van der Waals surface area contributed by atoms with Crippen LogP contribution in [0, 0.1) is 0 Å². The minimum atomic E-state index is 0.344. The molecule has 0 saturated heterocycles. The molecule has 0 aliphatic heterocycles. The summed E-state index contributed by atoms with van der Waals surface area (Å²) in [6, 6.07) is 0.372. The highest BCUT2D eigenvalue weighted by molar-refractivity contribution is 6.32. The Morgan fingerprint density at radius 2 is 2.33 bits per heavy atom.